The van der Waals surface area contributed by atoms with Crippen LogP contribution >= 0.6 is 0 Å². The lowest BCUT2D eigenvalue weighted by Gasteiger charge is -2.30. The number of anilines is 1. The van der Waals surface area contributed by atoms with Gasteiger partial charge in [0.2, 0.25) is 0 Å². The lowest BCUT2D eigenvalue weighted by molar-refractivity contribution is -0.124. The first-order chi connectivity index (χ1) is 10.1. The second-order valence-corrected chi connectivity index (χ2v) is 5.08. The fourth-order valence-electron chi connectivity index (χ4n) is 2.79. The summed E-state index contributed by atoms with van der Waals surface area (Å²) in [5, 5.41) is 28.6. The lowest BCUT2D eigenvalue weighted by Crippen LogP contribution is -2.35. The second kappa shape index (κ2) is 5.19. The largest absolute Gasteiger partial charge is 0.396 e. The van der Waals surface area contributed by atoms with Crippen molar-refractivity contribution in [2.75, 3.05) is 18.9 Å². The summed E-state index contributed by atoms with van der Waals surface area (Å²) < 4.78 is 7.44. The Balaban J connectivity index is 2.10. The molecule has 0 aromatic carbocycles. The van der Waals surface area contributed by atoms with Crippen molar-refractivity contribution in [3.63, 3.8) is 0 Å². The van der Waals surface area contributed by atoms with E-state index >= 15 is 0 Å². The van der Waals surface area contributed by atoms with E-state index in [1.165, 1.54) is 12.7 Å². The Kier molecular flexibility index (Phi) is 3.49. The van der Waals surface area contributed by atoms with Crippen LogP contribution in [0.5, 0.6) is 0 Å². The highest BCUT2D eigenvalue weighted by molar-refractivity contribution is 5.81. The quantitative estimate of drug-likeness (QED) is 0.539. The summed E-state index contributed by atoms with van der Waals surface area (Å²) >= 11 is 0. The molecule has 114 valence electrons. The molecule has 3 heterocycles. The third-order valence-corrected chi connectivity index (χ3v) is 3.81. The number of hydrogen-bond acceptors (Lipinski definition) is 8. The van der Waals surface area contributed by atoms with Crippen molar-refractivity contribution in [2.45, 2.75) is 30.8 Å². The van der Waals surface area contributed by atoms with Crippen molar-refractivity contribution >= 4 is 17.0 Å². The number of aliphatic hydroxyl groups is 3. The van der Waals surface area contributed by atoms with Gasteiger partial charge in [0.05, 0.1) is 19.0 Å². The number of ether oxygens (including phenoxy) is 1. The summed E-state index contributed by atoms with van der Waals surface area (Å²) in [4.78, 5) is 12.2. The van der Waals surface area contributed by atoms with Crippen LogP contribution in [0.1, 0.15) is 12.8 Å². The van der Waals surface area contributed by atoms with Crippen molar-refractivity contribution in [3.8, 4) is 0 Å². The highest BCUT2D eigenvalue weighted by Gasteiger charge is 2.47. The SMILES string of the molecule is Nc1ncnc2c1ncn2[C@@]1(CCO)C[C@H](O)[C@@H](CO)O1. The summed E-state index contributed by atoms with van der Waals surface area (Å²) in [6.45, 7) is -0.455. The summed E-state index contributed by atoms with van der Waals surface area (Å²) in [5.41, 5.74) is 5.63. The van der Waals surface area contributed by atoms with Gasteiger partial charge in [0.15, 0.2) is 17.2 Å². The molecule has 0 saturated carbocycles. The van der Waals surface area contributed by atoms with Crippen LogP contribution in [0.4, 0.5) is 5.82 Å². The Hall–Kier alpha value is -1.81. The van der Waals surface area contributed by atoms with Gasteiger partial charge >= 0.3 is 0 Å². The molecule has 3 atom stereocenters. The molecule has 21 heavy (non-hydrogen) atoms. The number of nitrogen functional groups attached to an aromatic ring is 1. The van der Waals surface area contributed by atoms with E-state index in [2.05, 4.69) is 15.0 Å². The van der Waals surface area contributed by atoms with Gasteiger partial charge in [-0.05, 0) is 0 Å². The molecule has 2 aromatic rings. The first-order valence-corrected chi connectivity index (χ1v) is 6.63. The molecule has 2 aromatic heterocycles. The van der Waals surface area contributed by atoms with Crippen molar-refractivity contribution in [3.05, 3.63) is 12.7 Å². The Bertz CT molecular complexity index is 648. The van der Waals surface area contributed by atoms with Crippen molar-refractivity contribution in [1.29, 1.82) is 0 Å². The van der Waals surface area contributed by atoms with Gasteiger partial charge in [-0.3, -0.25) is 4.57 Å². The van der Waals surface area contributed by atoms with Gasteiger partial charge in [0.25, 0.3) is 0 Å². The van der Waals surface area contributed by atoms with Crippen LogP contribution in [-0.4, -0.2) is 60.3 Å². The van der Waals surface area contributed by atoms with Crippen molar-refractivity contribution in [1.82, 2.24) is 19.5 Å². The lowest BCUT2D eigenvalue weighted by atomic mass is 10.0. The minimum absolute atomic E-state index is 0.148. The van der Waals surface area contributed by atoms with Gasteiger partial charge in [-0.2, -0.15) is 0 Å². The molecular weight excluding hydrogens is 278 g/mol. The van der Waals surface area contributed by atoms with E-state index in [0.29, 0.717) is 11.2 Å². The van der Waals surface area contributed by atoms with Gasteiger partial charge in [-0.15, -0.1) is 0 Å². The molecule has 9 heteroatoms. The molecule has 0 aliphatic carbocycles. The predicted octanol–water partition coefficient (Wildman–Crippen LogP) is -1.41. The van der Waals surface area contributed by atoms with E-state index in [-0.39, 0.29) is 31.9 Å². The van der Waals surface area contributed by atoms with Crippen LogP contribution in [-0.2, 0) is 10.5 Å². The number of hydrogen-bond donors (Lipinski definition) is 4. The van der Waals surface area contributed by atoms with Crippen LogP contribution in [0.2, 0.25) is 0 Å². The predicted molar refractivity (Wildman–Crippen MR) is 72.0 cm³/mol. The van der Waals surface area contributed by atoms with Crippen molar-refractivity contribution < 1.29 is 20.1 Å². The number of aliphatic hydroxyl groups excluding tert-OH is 3. The Morgan fingerprint density at radius 3 is 2.86 bits per heavy atom. The van der Waals surface area contributed by atoms with Gasteiger partial charge in [0, 0.05) is 19.4 Å². The zero-order chi connectivity index (χ0) is 15.0. The molecule has 0 bridgehead atoms. The normalized spacial score (nSPS) is 29.3. The maximum atomic E-state index is 10.0. The molecule has 0 amide bonds. The summed E-state index contributed by atoms with van der Waals surface area (Å²) in [6.07, 6.45) is 1.71. The van der Waals surface area contributed by atoms with E-state index in [1.54, 1.807) is 4.57 Å². The number of aromatic nitrogens is 4. The highest BCUT2D eigenvalue weighted by Crippen LogP contribution is 2.39. The summed E-state index contributed by atoms with van der Waals surface area (Å²) in [7, 11) is 0. The Morgan fingerprint density at radius 2 is 2.19 bits per heavy atom. The molecule has 1 aliphatic heterocycles. The highest BCUT2D eigenvalue weighted by atomic mass is 16.6. The van der Waals surface area contributed by atoms with Crippen LogP contribution in [0.15, 0.2) is 12.7 Å². The van der Waals surface area contributed by atoms with E-state index < -0.39 is 17.9 Å². The Labute approximate surface area is 120 Å². The van der Waals surface area contributed by atoms with E-state index in [0.717, 1.165) is 0 Å². The average Bonchev–Trinajstić information content (AvgIpc) is 3.02. The van der Waals surface area contributed by atoms with E-state index in [4.69, 9.17) is 10.5 Å². The molecule has 0 unspecified atom stereocenters. The van der Waals surface area contributed by atoms with Gasteiger partial charge in [-0.1, -0.05) is 0 Å². The van der Waals surface area contributed by atoms with E-state index in [1.807, 2.05) is 0 Å². The third-order valence-electron chi connectivity index (χ3n) is 3.81. The molecule has 3 rings (SSSR count). The number of nitrogens with zero attached hydrogens (tertiary/aromatic N) is 4. The zero-order valence-corrected chi connectivity index (χ0v) is 11.3. The van der Waals surface area contributed by atoms with Gasteiger partial charge in [0.1, 0.15) is 17.9 Å². The molecule has 0 radical (unpaired) electrons. The first kappa shape index (κ1) is 14.1. The molecule has 5 N–H and O–H groups in total. The third kappa shape index (κ3) is 2.14. The van der Waals surface area contributed by atoms with Crippen LogP contribution < -0.4 is 5.73 Å². The summed E-state index contributed by atoms with van der Waals surface area (Å²) in [5.74, 6) is 0.246. The number of imidazole rings is 1. The standard InChI is InChI=1S/C12H17N5O4/c13-10-9-11(15-5-14-10)17(6-16-9)12(1-2-18)3-7(20)8(4-19)21-12/h5-8,18-20H,1-4H2,(H2,13,14,15)/t7-,8+,12+/m0/s1. The maximum absolute atomic E-state index is 10.0. The van der Waals surface area contributed by atoms with Crippen LogP contribution in [0, 0.1) is 0 Å². The van der Waals surface area contributed by atoms with Gasteiger partial charge in [-0.25, -0.2) is 15.0 Å². The van der Waals surface area contributed by atoms with E-state index in [9.17, 15) is 15.3 Å². The monoisotopic (exact) mass is 295 g/mol. The zero-order valence-electron chi connectivity index (χ0n) is 11.3. The van der Waals surface area contributed by atoms with Crippen molar-refractivity contribution in [2.24, 2.45) is 0 Å². The number of nitrogens with two attached hydrogens (primary N) is 1. The molecule has 1 saturated heterocycles. The van der Waals surface area contributed by atoms with Crippen LogP contribution in [0.3, 0.4) is 0 Å². The van der Waals surface area contributed by atoms with Crippen LogP contribution in [0.25, 0.3) is 11.2 Å². The second-order valence-electron chi connectivity index (χ2n) is 5.08. The van der Waals surface area contributed by atoms with Gasteiger partial charge < -0.3 is 25.8 Å². The average molecular weight is 295 g/mol. The number of fused-ring (bicyclic) bond motifs is 1. The first-order valence-electron chi connectivity index (χ1n) is 6.63. The minimum atomic E-state index is -1.02. The smallest absolute Gasteiger partial charge is 0.167 e. The fraction of sp³-hybridized carbons (Fsp3) is 0.583. The molecule has 1 aliphatic rings. The molecule has 0 spiro atoms. The molecule has 1 fully saturated rings. The minimum Gasteiger partial charge on any atom is -0.396 e. The summed E-state index contributed by atoms with van der Waals surface area (Å²) in [6, 6.07) is 0. The number of rotatable bonds is 4. The molecule has 9 nitrogen and oxygen atoms in total. The molecular formula is C12H17N5O4. The maximum Gasteiger partial charge on any atom is 0.167 e. The Morgan fingerprint density at radius 1 is 1.38 bits per heavy atom. The topological polar surface area (TPSA) is 140 Å². The fourth-order valence-corrected chi connectivity index (χ4v) is 2.79.